The first kappa shape index (κ1) is 13.9. The average Bonchev–Trinajstić information content (AvgIpc) is 2.31. The molecule has 1 rings (SSSR count). The minimum absolute atomic E-state index is 0.254. The monoisotopic (exact) mass is 248 g/mol. The summed E-state index contributed by atoms with van der Waals surface area (Å²) in [5, 5.41) is 2.64. The lowest BCUT2D eigenvalue weighted by atomic mass is 10.2. The fourth-order valence-corrected chi connectivity index (χ4v) is 1.05. The van der Waals surface area contributed by atoms with Crippen molar-refractivity contribution in [2.75, 3.05) is 5.32 Å². The van der Waals surface area contributed by atoms with E-state index in [0.717, 1.165) is 0 Å². The molecule has 1 amide bonds. The van der Waals surface area contributed by atoms with Crippen LogP contribution in [0.2, 0.25) is 0 Å². The Morgan fingerprint density at radius 3 is 2.33 bits per heavy atom. The highest BCUT2D eigenvalue weighted by Crippen LogP contribution is 2.16. The number of anilines is 1. The van der Waals surface area contributed by atoms with E-state index >= 15 is 0 Å². The van der Waals surface area contributed by atoms with Crippen molar-refractivity contribution in [1.82, 2.24) is 0 Å². The molecular weight excluding hydrogens is 232 g/mol. The van der Waals surface area contributed by atoms with Gasteiger partial charge in [-0.3, -0.25) is 4.79 Å². The Bertz CT molecular complexity index is 464. The molecule has 1 aromatic carbocycles. The zero-order chi connectivity index (χ0) is 13.7. The zero-order valence-corrected chi connectivity index (χ0v) is 10.4. The summed E-state index contributed by atoms with van der Waals surface area (Å²) >= 11 is 0. The highest BCUT2D eigenvalue weighted by atomic mass is 16.5. The predicted octanol–water partition coefficient (Wildman–Crippen LogP) is 1.45. The van der Waals surface area contributed by atoms with Gasteiger partial charge in [0.1, 0.15) is 11.8 Å². The first-order chi connectivity index (χ1) is 8.40. The molecule has 1 atom stereocenters. The third kappa shape index (κ3) is 4.03. The summed E-state index contributed by atoms with van der Waals surface area (Å²) in [5.74, 6) is -0.380. The van der Waals surface area contributed by atoms with Crippen molar-refractivity contribution in [2.24, 2.45) is 5.73 Å². The van der Waals surface area contributed by atoms with Gasteiger partial charge < -0.3 is 15.8 Å². The molecule has 0 radical (unpaired) electrons. The first-order valence-electron chi connectivity index (χ1n) is 5.44. The lowest BCUT2D eigenvalue weighted by Crippen LogP contribution is -2.30. The van der Waals surface area contributed by atoms with Crippen LogP contribution in [0.4, 0.5) is 5.69 Å². The van der Waals surface area contributed by atoms with E-state index in [1.807, 2.05) is 0 Å². The molecule has 3 N–H and O–H groups in total. The minimum atomic E-state index is -0.673. The standard InChI is InChI=1S/C13H16N2O3/c1-8(2)12(16)15-10-4-6-11(7-5-10)18-13(17)9(3)14/h4-7,9H,1,14H2,2-3H3,(H,15,16)/t9-/m0/s1. The molecule has 0 saturated heterocycles. The van der Waals surface area contributed by atoms with Crippen molar-refractivity contribution in [3.63, 3.8) is 0 Å². The Morgan fingerprint density at radius 1 is 1.33 bits per heavy atom. The van der Waals surface area contributed by atoms with Crippen LogP contribution in [0.5, 0.6) is 5.75 Å². The lowest BCUT2D eigenvalue weighted by molar-refractivity contribution is -0.135. The molecule has 0 saturated carbocycles. The number of carbonyl (C=O) groups is 2. The molecule has 96 valence electrons. The van der Waals surface area contributed by atoms with Crippen LogP contribution in [0.3, 0.4) is 0 Å². The van der Waals surface area contributed by atoms with E-state index in [0.29, 0.717) is 17.0 Å². The molecule has 0 aliphatic heterocycles. The van der Waals surface area contributed by atoms with Crippen LogP contribution in [0.25, 0.3) is 0 Å². The molecule has 18 heavy (non-hydrogen) atoms. The summed E-state index contributed by atoms with van der Waals surface area (Å²) in [6.07, 6.45) is 0. The van der Waals surface area contributed by atoms with Gasteiger partial charge >= 0.3 is 5.97 Å². The van der Waals surface area contributed by atoms with Crippen molar-refractivity contribution in [3.8, 4) is 5.75 Å². The summed E-state index contributed by atoms with van der Waals surface area (Å²) in [6.45, 7) is 6.70. The second-order valence-electron chi connectivity index (χ2n) is 3.97. The Morgan fingerprint density at radius 2 is 1.89 bits per heavy atom. The van der Waals surface area contributed by atoms with E-state index in [-0.39, 0.29) is 5.91 Å². The number of amides is 1. The zero-order valence-electron chi connectivity index (χ0n) is 10.4. The summed E-state index contributed by atoms with van der Waals surface area (Å²) in [6, 6.07) is 5.74. The van der Waals surface area contributed by atoms with E-state index in [1.165, 1.54) is 0 Å². The van der Waals surface area contributed by atoms with Gasteiger partial charge in [-0.15, -0.1) is 0 Å². The molecule has 5 nitrogen and oxygen atoms in total. The van der Waals surface area contributed by atoms with Crippen LogP contribution < -0.4 is 15.8 Å². The Hall–Kier alpha value is -2.14. The highest BCUT2D eigenvalue weighted by Gasteiger charge is 2.10. The number of esters is 1. The van der Waals surface area contributed by atoms with Gasteiger partial charge in [-0.2, -0.15) is 0 Å². The Kier molecular flexibility index (Phi) is 4.62. The second kappa shape index (κ2) is 5.97. The molecule has 0 fully saturated rings. The molecule has 0 bridgehead atoms. The molecular formula is C13H16N2O3. The first-order valence-corrected chi connectivity index (χ1v) is 5.44. The van der Waals surface area contributed by atoms with Crippen LogP contribution >= 0.6 is 0 Å². The summed E-state index contributed by atoms with van der Waals surface area (Å²) < 4.78 is 4.99. The van der Waals surface area contributed by atoms with Crippen molar-refractivity contribution in [3.05, 3.63) is 36.4 Å². The molecule has 0 unspecified atom stereocenters. The number of benzene rings is 1. The quantitative estimate of drug-likeness (QED) is 0.480. The van der Waals surface area contributed by atoms with Crippen molar-refractivity contribution in [1.29, 1.82) is 0 Å². The molecule has 0 aliphatic carbocycles. The van der Waals surface area contributed by atoms with Crippen LogP contribution in [-0.2, 0) is 9.59 Å². The average molecular weight is 248 g/mol. The van der Waals surface area contributed by atoms with E-state index in [2.05, 4.69) is 11.9 Å². The van der Waals surface area contributed by atoms with Gasteiger partial charge in [-0.05, 0) is 38.1 Å². The van der Waals surface area contributed by atoms with Crippen LogP contribution in [0.1, 0.15) is 13.8 Å². The Labute approximate surface area is 106 Å². The molecule has 5 heteroatoms. The maximum atomic E-state index is 11.4. The summed E-state index contributed by atoms with van der Waals surface area (Å²) in [5.41, 5.74) is 6.39. The molecule has 0 heterocycles. The highest BCUT2D eigenvalue weighted by molar-refractivity contribution is 6.02. The van der Waals surface area contributed by atoms with Crippen LogP contribution in [0.15, 0.2) is 36.4 Å². The smallest absolute Gasteiger partial charge is 0.328 e. The van der Waals surface area contributed by atoms with Crippen molar-refractivity contribution >= 4 is 17.6 Å². The third-order valence-electron chi connectivity index (χ3n) is 2.09. The van der Waals surface area contributed by atoms with E-state index in [1.54, 1.807) is 38.1 Å². The fraction of sp³-hybridized carbons (Fsp3) is 0.231. The van der Waals surface area contributed by atoms with Gasteiger partial charge in [0.2, 0.25) is 0 Å². The molecule has 0 aliphatic rings. The van der Waals surface area contributed by atoms with E-state index in [4.69, 9.17) is 10.5 Å². The fourth-order valence-electron chi connectivity index (χ4n) is 1.05. The SMILES string of the molecule is C=C(C)C(=O)Nc1ccc(OC(=O)[C@H](C)N)cc1. The minimum Gasteiger partial charge on any atom is -0.425 e. The van der Waals surface area contributed by atoms with Gasteiger partial charge in [0.05, 0.1) is 0 Å². The number of ether oxygens (including phenoxy) is 1. The van der Waals surface area contributed by atoms with Crippen LogP contribution in [0, 0.1) is 0 Å². The van der Waals surface area contributed by atoms with Crippen molar-refractivity contribution < 1.29 is 14.3 Å². The van der Waals surface area contributed by atoms with Gasteiger partial charge in [-0.25, -0.2) is 4.79 Å². The molecule has 1 aromatic rings. The molecule has 0 spiro atoms. The van der Waals surface area contributed by atoms with Gasteiger partial charge in [-0.1, -0.05) is 6.58 Å². The lowest BCUT2D eigenvalue weighted by Gasteiger charge is -2.08. The van der Waals surface area contributed by atoms with E-state index in [9.17, 15) is 9.59 Å². The number of rotatable bonds is 4. The molecule has 0 aromatic heterocycles. The number of nitrogens with one attached hydrogen (secondary N) is 1. The number of nitrogens with two attached hydrogens (primary N) is 1. The number of hydrogen-bond donors (Lipinski definition) is 2. The maximum absolute atomic E-state index is 11.4. The van der Waals surface area contributed by atoms with Gasteiger partial charge in [0.15, 0.2) is 0 Å². The predicted molar refractivity (Wildman–Crippen MR) is 69.2 cm³/mol. The van der Waals surface area contributed by atoms with Gasteiger partial charge in [0, 0.05) is 11.3 Å². The summed E-state index contributed by atoms with van der Waals surface area (Å²) in [4.78, 5) is 22.6. The normalized spacial score (nSPS) is 11.5. The number of carbonyl (C=O) groups excluding carboxylic acids is 2. The van der Waals surface area contributed by atoms with Gasteiger partial charge in [0.25, 0.3) is 5.91 Å². The topological polar surface area (TPSA) is 81.4 Å². The maximum Gasteiger partial charge on any atom is 0.328 e. The van der Waals surface area contributed by atoms with Crippen molar-refractivity contribution in [2.45, 2.75) is 19.9 Å². The largest absolute Gasteiger partial charge is 0.425 e. The third-order valence-corrected chi connectivity index (χ3v) is 2.09. The number of hydrogen-bond acceptors (Lipinski definition) is 4. The van der Waals surface area contributed by atoms with Crippen LogP contribution in [-0.4, -0.2) is 17.9 Å². The van der Waals surface area contributed by atoms with E-state index < -0.39 is 12.0 Å². The second-order valence-corrected chi connectivity index (χ2v) is 3.97. The summed E-state index contributed by atoms with van der Waals surface area (Å²) in [7, 11) is 0. The Balaban J connectivity index is 2.66.